The molecular formula is C21H22N2O4. The fourth-order valence-electron chi connectivity index (χ4n) is 3.27. The number of fused-ring (bicyclic) bond motifs is 1. The molecule has 4 rings (SSSR count). The van der Waals surface area contributed by atoms with Gasteiger partial charge in [0.05, 0.1) is 6.54 Å². The normalized spacial score (nSPS) is 18.6. The summed E-state index contributed by atoms with van der Waals surface area (Å²) in [6, 6.07) is 14.6. The number of nitrogens with one attached hydrogen (secondary N) is 1. The lowest BCUT2D eigenvalue weighted by molar-refractivity contribution is 0.0903. The van der Waals surface area contributed by atoms with Gasteiger partial charge in [0.1, 0.15) is 12.4 Å². The maximum atomic E-state index is 12.4. The Morgan fingerprint density at radius 1 is 1.15 bits per heavy atom. The number of phenols is 1. The van der Waals surface area contributed by atoms with Crippen molar-refractivity contribution in [3.63, 3.8) is 0 Å². The second-order valence-electron chi connectivity index (χ2n) is 6.66. The number of ether oxygens (including phenoxy) is 2. The van der Waals surface area contributed by atoms with Crippen LogP contribution in [0.15, 0.2) is 54.6 Å². The van der Waals surface area contributed by atoms with Crippen molar-refractivity contribution >= 4 is 11.6 Å². The number of carbonyl (C=O) groups excluding carboxylic acids is 1. The highest BCUT2D eigenvalue weighted by molar-refractivity contribution is 5.76. The minimum atomic E-state index is -0.197. The van der Waals surface area contributed by atoms with Crippen molar-refractivity contribution in [3.05, 3.63) is 60.2 Å². The van der Waals surface area contributed by atoms with Crippen LogP contribution in [0.5, 0.6) is 17.2 Å². The van der Waals surface area contributed by atoms with Crippen LogP contribution in [-0.2, 0) is 0 Å². The third-order valence-electron chi connectivity index (χ3n) is 4.78. The molecule has 2 N–H and O–H groups in total. The summed E-state index contributed by atoms with van der Waals surface area (Å²) in [6.45, 7) is 2.04. The highest BCUT2D eigenvalue weighted by atomic mass is 16.6. The molecule has 6 nitrogen and oxygen atoms in total. The van der Waals surface area contributed by atoms with Gasteiger partial charge in [0.25, 0.3) is 0 Å². The van der Waals surface area contributed by atoms with Crippen molar-refractivity contribution < 1.29 is 19.4 Å². The minimum Gasteiger partial charge on any atom is -0.508 e. The van der Waals surface area contributed by atoms with Gasteiger partial charge in [-0.2, -0.15) is 0 Å². The highest BCUT2D eigenvalue weighted by Crippen LogP contribution is 2.30. The summed E-state index contributed by atoms with van der Waals surface area (Å²) in [5.41, 5.74) is 2.28. The number of hydrogen-bond donors (Lipinski definition) is 2. The molecule has 0 aliphatic carbocycles. The van der Waals surface area contributed by atoms with Gasteiger partial charge >= 0.3 is 6.03 Å². The molecule has 2 aliphatic heterocycles. The number of amides is 2. The topological polar surface area (TPSA) is 71.0 Å². The van der Waals surface area contributed by atoms with Gasteiger partial charge in [-0.15, -0.1) is 0 Å². The third kappa shape index (κ3) is 4.00. The number of hydrogen-bond acceptors (Lipinski definition) is 4. The standard InChI is InChI=1S/C21H22N2O4/c24-17-7-5-15(6-8-17)16-9-11-23(12-10-16)21(25)22-13-18-14-26-19-3-1-2-4-20(19)27-18/h1-9,18,24H,10-14H2,(H,22,25). The summed E-state index contributed by atoms with van der Waals surface area (Å²) in [5, 5.41) is 12.3. The van der Waals surface area contributed by atoms with Gasteiger partial charge in [-0.25, -0.2) is 4.79 Å². The van der Waals surface area contributed by atoms with Crippen LogP contribution in [0, 0.1) is 0 Å². The van der Waals surface area contributed by atoms with Gasteiger partial charge in [0.2, 0.25) is 0 Å². The number of rotatable bonds is 3. The van der Waals surface area contributed by atoms with Crippen LogP contribution in [0.2, 0.25) is 0 Å². The number of para-hydroxylation sites is 2. The van der Waals surface area contributed by atoms with E-state index in [2.05, 4.69) is 11.4 Å². The van der Waals surface area contributed by atoms with E-state index in [0.717, 1.165) is 17.7 Å². The molecule has 0 saturated carbocycles. The largest absolute Gasteiger partial charge is 0.508 e. The zero-order valence-corrected chi connectivity index (χ0v) is 14.9. The summed E-state index contributed by atoms with van der Waals surface area (Å²) in [5.74, 6) is 1.71. The van der Waals surface area contributed by atoms with E-state index >= 15 is 0 Å². The van der Waals surface area contributed by atoms with E-state index in [1.54, 1.807) is 17.0 Å². The van der Waals surface area contributed by atoms with E-state index in [0.29, 0.717) is 32.0 Å². The summed E-state index contributed by atoms with van der Waals surface area (Å²) in [4.78, 5) is 14.2. The second kappa shape index (κ2) is 7.61. The Morgan fingerprint density at radius 2 is 1.93 bits per heavy atom. The fraction of sp³-hybridized carbons (Fsp3) is 0.286. The van der Waals surface area contributed by atoms with Crippen LogP contribution in [0.1, 0.15) is 12.0 Å². The molecule has 0 saturated heterocycles. The molecule has 2 heterocycles. The minimum absolute atomic E-state index is 0.0986. The Hall–Kier alpha value is -3.15. The Morgan fingerprint density at radius 3 is 2.67 bits per heavy atom. The molecule has 0 bridgehead atoms. The van der Waals surface area contributed by atoms with Crippen molar-refractivity contribution in [1.82, 2.24) is 10.2 Å². The molecule has 6 heteroatoms. The summed E-state index contributed by atoms with van der Waals surface area (Å²) < 4.78 is 11.5. The zero-order valence-electron chi connectivity index (χ0n) is 14.9. The second-order valence-corrected chi connectivity index (χ2v) is 6.66. The number of carbonyl (C=O) groups is 1. The predicted octanol–water partition coefficient (Wildman–Crippen LogP) is 3.03. The first-order valence-electron chi connectivity index (χ1n) is 9.09. The van der Waals surface area contributed by atoms with E-state index < -0.39 is 0 Å². The monoisotopic (exact) mass is 366 g/mol. The molecule has 1 unspecified atom stereocenters. The zero-order chi connectivity index (χ0) is 18.6. The Bertz CT molecular complexity index is 848. The lowest BCUT2D eigenvalue weighted by Gasteiger charge is -2.29. The highest BCUT2D eigenvalue weighted by Gasteiger charge is 2.23. The summed E-state index contributed by atoms with van der Waals surface area (Å²) in [7, 11) is 0. The lowest BCUT2D eigenvalue weighted by atomic mass is 9.99. The third-order valence-corrected chi connectivity index (χ3v) is 4.78. The Kier molecular flexibility index (Phi) is 4.87. The van der Waals surface area contributed by atoms with Gasteiger partial charge in [-0.1, -0.05) is 30.3 Å². The maximum Gasteiger partial charge on any atom is 0.317 e. The van der Waals surface area contributed by atoms with Crippen LogP contribution in [0.3, 0.4) is 0 Å². The van der Waals surface area contributed by atoms with Crippen LogP contribution >= 0.6 is 0 Å². The average molecular weight is 366 g/mol. The lowest BCUT2D eigenvalue weighted by Crippen LogP contribution is -2.47. The molecule has 2 amide bonds. The first-order valence-corrected chi connectivity index (χ1v) is 9.09. The van der Waals surface area contributed by atoms with Crippen LogP contribution in [0.25, 0.3) is 5.57 Å². The predicted molar refractivity (Wildman–Crippen MR) is 102 cm³/mol. The van der Waals surface area contributed by atoms with Crippen LogP contribution < -0.4 is 14.8 Å². The Balaban J connectivity index is 1.28. The number of nitrogens with zero attached hydrogens (tertiary/aromatic N) is 1. The number of aromatic hydroxyl groups is 1. The average Bonchev–Trinajstić information content (AvgIpc) is 2.72. The summed E-state index contributed by atoms with van der Waals surface area (Å²) >= 11 is 0. The van der Waals surface area contributed by atoms with Crippen molar-refractivity contribution in [2.75, 3.05) is 26.2 Å². The number of urea groups is 1. The van der Waals surface area contributed by atoms with Gasteiger partial charge in [-0.3, -0.25) is 0 Å². The number of phenolic OH excluding ortho intramolecular Hbond substituents is 1. The van der Waals surface area contributed by atoms with E-state index in [1.165, 1.54) is 5.57 Å². The smallest absolute Gasteiger partial charge is 0.317 e. The van der Waals surface area contributed by atoms with Crippen LogP contribution in [0.4, 0.5) is 4.79 Å². The first kappa shape index (κ1) is 17.3. The number of benzene rings is 2. The van der Waals surface area contributed by atoms with E-state index in [9.17, 15) is 9.90 Å². The fourth-order valence-corrected chi connectivity index (χ4v) is 3.27. The van der Waals surface area contributed by atoms with Gasteiger partial charge in [0, 0.05) is 13.1 Å². The van der Waals surface area contributed by atoms with Gasteiger partial charge in [0.15, 0.2) is 17.6 Å². The van der Waals surface area contributed by atoms with Gasteiger partial charge < -0.3 is 24.8 Å². The molecule has 0 spiro atoms. The molecule has 2 aromatic rings. The molecule has 27 heavy (non-hydrogen) atoms. The van der Waals surface area contributed by atoms with E-state index in [4.69, 9.17) is 9.47 Å². The quantitative estimate of drug-likeness (QED) is 0.876. The van der Waals surface area contributed by atoms with Crippen molar-refractivity contribution in [2.24, 2.45) is 0 Å². The molecule has 0 fully saturated rings. The van der Waals surface area contributed by atoms with E-state index in [-0.39, 0.29) is 17.9 Å². The molecule has 2 aliphatic rings. The first-order chi connectivity index (χ1) is 13.2. The Labute approximate surface area is 158 Å². The molecule has 140 valence electrons. The molecule has 0 radical (unpaired) electrons. The molecular weight excluding hydrogens is 344 g/mol. The maximum absolute atomic E-state index is 12.4. The summed E-state index contributed by atoms with van der Waals surface area (Å²) in [6.07, 6.45) is 2.65. The molecule has 2 aromatic carbocycles. The van der Waals surface area contributed by atoms with Crippen molar-refractivity contribution in [2.45, 2.75) is 12.5 Å². The molecule has 1 atom stereocenters. The molecule has 0 aromatic heterocycles. The van der Waals surface area contributed by atoms with E-state index in [1.807, 2.05) is 36.4 Å². The van der Waals surface area contributed by atoms with Gasteiger partial charge in [-0.05, 0) is 41.8 Å². The van der Waals surface area contributed by atoms with Crippen molar-refractivity contribution in [1.29, 1.82) is 0 Å². The SMILES string of the molecule is O=C(NCC1COc2ccccc2O1)N1CC=C(c2ccc(O)cc2)CC1. The van der Waals surface area contributed by atoms with Crippen LogP contribution in [-0.4, -0.2) is 48.4 Å². The van der Waals surface area contributed by atoms with Crippen molar-refractivity contribution in [3.8, 4) is 17.2 Å².